The average molecular weight is 216 g/mol. The van der Waals surface area contributed by atoms with Gasteiger partial charge in [0.25, 0.3) is 6.43 Å². The molecule has 1 N–H and O–H groups in total. The van der Waals surface area contributed by atoms with Crippen molar-refractivity contribution in [2.75, 3.05) is 0 Å². The highest BCUT2D eigenvalue weighted by atomic mass is 19.3. The van der Waals surface area contributed by atoms with E-state index in [1.54, 1.807) is 6.92 Å². The summed E-state index contributed by atoms with van der Waals surface area (Å²) < 4.78 is 24.5. The Balaban J connectivity index is 2.85. The number of nitrogens with zero attached hydrogens (tertiary/aromatic N) is 2. The molecule has 1 heterocycles. The van der Waals surface area contributed by atoms with E-state index in [1.165, 1.54) is 6.20 Å². The average Bonchev–Trinajstić information content (AvgIpc) is 2.17. The Labute approximate surface area is 85.0 Å². The van der Waals surface area contributed by atoms with Crippen molar-refractivity contribution in [3.05, 3.63) is 23.8 Å². The molecule has 0 aromatic carbocycles. The largest absolute Gasteiger partial charge is 0.481 e. The van der Waals surface area contributed by atoms with E-state index in [0.717, 1.165) is 6.20 Å². The van der Waals surface area contributed by atoms with Gasteiger partial charge in [-0.25, -0.2) is 13.8 Å². The van der Waals surface area contributed by atoms with Crippen molar-refractivity contribution in [1.29, 1.82) is 0 Å². The Kier molecular flexibility index (Phi) is 3.65. The Hall–Kier alpha value is -1.59. The summed E-state index contributed by atoms with van der Waals surface area (Å²) in [6.07, 6.45) is -0.558. The van der Waals surface area contributed by atoms with Gasteiger partial charge in [-0.3, -0.25) is 9.78 Å². The minimum absolute atomic E-state index is 0.151. The lowest BCUT2D eigenvalue weighted by atomic mass is 10.0. The molecule has 0 spiro atoms. The molecule has 15 heavy (non-hydrogen) atoms. The summed E-state index contributed by atoms with van der Waals surface area (Å²) in [5, 5.41) is 8.53. The van der Waals surface area contributed by atoms with Crippen molar-refractivity contribution in [1.82, 2.24) is 9.97 Å². The van der Waals surface area contributed by atoms with E-state index in [9.17, 15) is 13.6 Å². The Morgan fingerprint density at radius 3 is 2.60 bits per heavy atom. The Bertz CT molecular complexity index is 358. The van der Waals surface area contributed by atoms with Gasteiger partial charge >= 0.3 is 5.97 Å². The monoisotopic (exact) mass is 216 g/mol. The van der Waals surface area contributed by atoms with E-state index in [0.29, 0.717) is 0 Å². The zero-order chi connectivity index (χ0) is 11.4. The number of aliphatic carboxylic acids is 1. The van der Waals surface area contributed by atoms with Crippen LogP contribution in [0.25, 0.3) is 0 Å². The van der Waals surface area contributed by atoms with Gasteiger partial charge in [0.1, 0.15) is 5.69 Å². The molecular formula is C9H10F2N2O2. The number of hydrogen-bond donors (Lipinski definition) is 1. The molecule has 82 valence electrons. The van der Waals surface area contributed by atoms with Gasteiger partial charge in [0, 0.05) is 12.1 Å². The van der Waals surface area contributed by atoms with Gasteiger partial charge in [0.2, 0.25) is 0 Å². The fourth-order valence-corrected chi connectivity index (χ4v) is 1.11. The quantitative estimate of drug-likeness (QED) is 0.835. The first-order valence-corrected chi connectivity index (χ1v) is 4.32. The highest BCUT2D eigenvalue weighted by Gasteiger charge is 2.15. The zero-order valence-corrected chi connectivity index (χ0v) is 8.02. The summed E-state index contributed by atoms with van der Waals surface area (Å²) in [5.41, 5.74) is -0.153. The molecule has 6 heteroatoms. The van der Waals surface area contributed by atoms with Crippen molar-refractivity contribution in [3.63, 3.8) is 0 Å². The van der Waals surface area contributed by atoms with Crippen LogP contribution in [-0.2, 0) is 4.79 Å². The van der Waals surface area contributed by atoms with Crippen LogP contribution in [0.2, 0.25) is 0 Å². The lowest BCUT2D eigenvalue weighted by Gasteiger charge is -2.08. The topological polar surface area (TPSA) is 63.1 Å². The first kappa shape index (κ1) is 11.5. The summed E-state index contributed by atoms with van der Waals surface area (Å²) in [4.78, 5) is 17.7. The fraction of sp³-hybridized carbons (Fsp3) is 0.444. The smallest absolute Gasteiger partial charge is 0.304 e. The molecule has 0 bridgehead atoms. The van der Waals surface area contributed by atoms with Crippen LogP contribution in [0.3, 0.4) is 0 Å². The summed E-state index contributed by atoms with van der Waals surface area (Å²) >= 11 is 0. The molecule has 1 aromatic rings. The summed E-state index contributed by atoms with van der Waals surface area (Å²) in [5.74, 6) is -1.42. The standard InChI is InChI=1S/C9H10F2N2O2/c1-5(2-8(14)15)6-3-12-4-7(13-6)9(10)11/h3-5,9H,2H2,1H3,(H,14,15). The minimum Gasteiger partial charge on any atom is -0.481 e. The van der Waals surface area contributed by atoms with Gasteiger partial charge < -0.3 is 5.11 Å². The van der Waals surface area contributed by atoms with Crippen molar-refractivity contribution in [2.45, 2.75) is 25.7 Å². The van der Waals surface area contributed by atoms with Gasteiger partial charge in [0.05, 0.1) is 18.3 Å². The highest BCUT2D eigenvalue weighted by molar-refractivity contribution is 5.67. The molecule has 1 unspecified atom stereocenters. The van der Waals surface area contributed by atoms with E-state index in [1.807, 2.05) is 0 Å². The number of aromatic nitrogens is 2. The molecule has 0 radical (unpaired) electrons. The number of carboxylic acid groups (broad SMARTS) is 1. The van der Waals surface area contributed by atoms with E-state index in [2.05, 4.69) is 9.97 Å². The number of rotatable bonds is 4. The third-order valence-electron chi connectivity index (χ3n) is 1.88. The zero-order valence-electron chi connectivity index (χ0n) is 8.02. The second-order valence-electron chi connectivity index (χ2n) is 3.17. The maximum Gasteiger partial charge on any atom is 0.304 e. The van der Waals surface area contributed by atoms with Crippen LogP contribution in [0.4, 0.5) is 8.78 Å². The number of halogens is 2. The minimum atomic E-state index is -2.69. The van der Waals surface area contributed by atoms with Gasteiger partial charge in [-0.15, -0.1) is 0 Å². The first-order valence-electron chi connectivity index (χ1n) is 4.32. The molecule has 0 amide bonds. The predicted octanol–water partition coefficient (Wildman–Crippen LogP) is 1.99. The SMILES string of the molecule is CC(CC(=O)O)c1cncc(C(F)F)n1. The Morgan fingerprint density at radius 1 is 1.47 bits per heavy atom. The molecule has 1 aromatic heterocycles. The van der Waals surface area contributed by atoms with Crippen LogP contribution in [0, 0.1) is 0 Å². The van der Waals surface area contributed by atoms with Crippen molar-refractivity contribution < 1.29 is 18.7 Å². The van der Waals surface area contributed by atoms with E-state index in [4.69, 9.17) is 5.11 Å². The summed E-state index contributed by atoms with van der Waals surface area (Å²) in [7, 11) is 0. The fourth-order valence-electron chi connectivity index (χ4n) is 1.11. The molecule has 0 saturated carbocycles. The third kappa shape index (κ3) is 3.23. The van der Waals surface area contributed by atoms with E-state index >= 15 is 0 Å². The highest BCUT2D eigenvalue weighted by Crippen LogP contribution is 2.20. The van der Waals surface area contributed by atoms with Gasteiger partial charge in [-0.05, 0) is 0 Å². The molecule has 1 rings (SSSR count). The second kappa shape index (κ2) is 4.77. The molecular weight excluding hydrogens is 206 g/mol. The molecule has 0 aliphatic carbocycles. The molecule has 0 fully saturated rings. The van der Waals surface area contributed by atoms with Crippen LogP contribution in [-0.4, -0.2) is 21.0 Å². The van der Waals surface area contributed by atoms with Gasteiger partial charge in [-0.2, -0.15) is 0 Å². The van der Waals surface area contributed by atoms with E-state index in [-0.39, 0.29) is 12.1 Å². The van der Waals surface area contributed by atoms with Crippen LogP contribution >= 0.6 is 0 Å². The van der Waals surface area contributed by atoms with Crippen molar-refractivity contribution >= 4 is 5.97 Å². The molecule has 4 nitrogen and oxygen atoms in total. The summed E-state index contributed by atoms with van der Waals surface area (Å²) in [6, 6.07) is 0. The van der Waals surface area contributed by atoms with Crippen molar-refractivity contribution in [3.8, 4) is 0 Å². The van der Waals surface area contributed by atoms with Crippen LogP contribution in [0.1, 0.15) is 37.1 Å². The van der Waals surface area contributed by atoms with Crippen LogP contribution < -0.4 is 0 Å². The maximum absolute atomic E-state index is 12.3. The second-order valence-corrected chi connectivity index (χ2v) is 3.17. The van der Waals surface area contributed by atoms with Crippen LogP contribution in [0.5, 0.6) is 0 Å². The van der Waals surface area contributed by atoms with Crippen LogP contribution in [0.15, 0.2) is 12.4 Å². The lowest BCUT2D eigenvalue weighted by Crippen LogP contribution is -2.06. The molecule has 0 saturated heterocycles. The number of carboxylic acids is 1. The molecule has 0 aliphatic rings. The van der Waals surface area contributed by atoms with Gasteiger partial charge in [-0.1, -0.05) is 6.92 Å². The third-order valence-corrected chi connectivity index (χ3v) is 1.88. The first-order chi connectivity index (χ1) is 7.00. The molecule has 1 atom stereocenters. The predicted molar refractivity (Wildman–Crippen MR) is 47.7 cm³/mol. The number of hydrogen-bond acceptors (Lipinski definition) is 3. The number of alkyl halides is 2. The number of carbonyl (C=O) groups is 1. The van der Waals surface area contributed by atoms with Crippen molar-refractivity contribution in [2.24, 2.45) is 0 Å². The lowest BCUT2D eigenvalue weighted by molar-refractivity contribution is -0.137. The normalized spacial score (nSPS) is 12.8. The summed E-state index contributed by atoms with van der Waals surface area (Å²) in [6.45, 7) is 1.60. The Morgan fingerprint density at radius 2 is 2.07 bits per heavy atom. The maximum atomic E-state index is 12.3. The van der Waals surface area contributed by atoms with E-state index < -0.39 is 24.0 Å². The molecule has 0 aliphatic heterocycles. The van der Waals surface area contributed by atoms with Gasteiger partial charge in [0.15, 0.2) is 0 Å².